The fourth-order valence-electron chi connectivity index (χ4n) is 1.23. The lowest BCUT2D eigenvalue weighted by atomic mass is 10.0. The van der Waals surface area contributed by atoms with Crippen molar-refractivity contribution in [3.8, 4) is 0 Å². The number of rotatable bonds is 2. The minimum absolute atomic E-state index is 0.978. The van der Waals surface area contributed by atoms with Crippen molar-refractivity contribution >= 4 is 0 Å². The molecule has 0 N–H and O–H groups in total. The first-order valence-electron chi connectivity index (χ1n) is 3.91. The number of aryl methyl sites for hydroxylation is 2. The lowest BCUT2D eigenvalue weighted by Gasteiger charge is -2.02. The van der Waals surface area contributed by atoms with Crippen molar-refractivity contribution in [2.45, 2.75) is 20.3 Å². The Bertz CT molecular complexity index is 259. The molecule has 0 atom stereocenters. The van der Waals surface area contributed by atoms with Crippen LogP contribution in [-0.2, 0) is 6.42 Å². The molecule has 0 aliphatic carbocycles. The molecule has 0 fully saturated rings. The minimum atomic E-state index is 0.978. The van der Waals surface area contributed by atoms with Crippen molar-refractivity contribution in [1.82, 2.24) is 0 Å². The van der Waals surface area contributed by atoms with E-state index < -0.39 is 0 Å². The Morgan fingerprint density at radius 2 is 2.09 bits per heavy atom. The predicted molar refractivity (Wildman–Crippen MR) is 49.8 cm³/mol. The Morgan fingerprint density at radius 1 is 1.36 bits per heavy atom. The van der Waals surface area contributed by atoms with Gasteiger partial charge in [-0.15, -0.1) is 6.58 Å². The topological polar surface area (TPSA) is 0 Å². The van der Waals surface area contributed by atoms with Crippen LogP contribution in [0.25, 0.3) is 0 Å². The van der Waals surface area contributed by atoms with Crippen LogP contribution in [0.5, 0.6) is 0 Å². The summed E-state index contributed by atoms with van der Waals surface area (Å²) in [6.07, 6.45) is 2.92. The monoisotopic (exact) mass is 146 g/mol. The van der Waals surface area contributed by atoms with Gasteiger partial charge in [0.25, 0.3) is 0 Å². The van der Waals surface area contributed by atoms with Crippen LogP contribution in [0.3, 0.4) is 0 Å². The summed E-state index contributed by atoms with van der Waals surface area (Å²) in [7, 11) is 0. The van der Waals surface area contributed by atoms with Crippen LogP contribution in [0.4, 0.5) is 0 Å². The van der Waals surface area contributed by atoms with Gasteiger partial charge < -0.3 is 0 Å². The van der Waals surface area contributed by atoms with Gasteiger partial charge >= 0.3 is 0 Å². The van der Waals surface area contributed by atoms with Gasteiger partial charge in [0, 0.05) is 0 Å². The van der Waals surface area contributed by atoms with E-state index in [-0.39, 0.29) is 0 Å². The lowest BCUT2D eigenvalue weighted by Crippen LogP contribution is -1.86. The summed E-state index contributed by atoms with van der Waals surface area (Å²) in [5.41, 5.74) is 4.07. The van der Waals surface area contributed by atoms with E-state index in [1.54, 1.807) is 0 Å². The minimum Gasteiger partial charge on any atom is -0.103 e. The molecule has 0 nitrogen and oxygen atoms in total. The second kappa shape index (κ2) is 3.38. The first-order valence-corrected chi connectivity index (χ1v) is 3.91. The molecule has 0 heteroatoms. The summed E-state index contributed by atoms with van der Waals surface area (Å²) in [4.78, 5) is 0. The zero-order valence-electron chi connectivity index (χ0n) is 7.22. The Labute approximate surface area is 68.6 Å². The third-order valence-corrected chi connectivity index (χ3v) is 1.86. The van der Waals surface area contributed by atoms with E-state index >= 15 is 0 Å². The highest BCUT2D eigenvalue weighted by molar-refractivity contribution is 5.31. The Hall–Kier alpha value is -1.04. The van der Waals surface area contributed by atoms with Crippen molar-refractivity contribution in [3.05, 3.63) is 47.5 Å². The summed E-state index contributed by atoms with van der Waals surface area (Å²) < 4.78 is 0. The molecule has 0 unspecified atom stereocenters. The smallest absolute Gasteiger partial charge is 0.00975 e. The second-order valence-electron chi connectivity index (χ2n) is 2.92. The van der Waals surface area contributed by atoms with E-state index in [4.69, 9.17) is 0 Å². The molecule has 0 aliphatic rings. The maximum Gasteiger partial charge on any atom is -0.00975 e. The van der Waals surface area contributed by atoms with Gasteiger partial charge in [0.15, 0.2) is 0 Å². The first-order chi connectivity index (χ1) is 5.24. The van der Waals surface area contributed by atoms with Crippen LogP contribution in [0, 0.1) is 13.8 Å². The Kier molecular flexibility index (Phi) is 2.48. The van der Waals surface area contributed by atoms with Gasteiger partial charge in [-0.2, -0.15) is 0 Å². The Morgan fingerprint density at radius 3 is 2.64 bits per heavy atom. The van der Waals surface area contributed by atoms with Crippen LogP contribution < -0.4 is 0 Å². The van der Waals surface area contributed by atoms with Gasteiger partial charge in [0.2, 0.25) is 0 Å². The molecule has 0 saturated carbocycles. The van der Waals surface area contributed by atoms with Crippen molar-refractivity contribution in [1.29, 1.82) is 0 Å². The molecule has 0 aliphatic heterocycles. The second-order valence-corrected chi connectivity index (χ2v) is 2.92. The van der Waals surface area contributed by atoms with Gasteiger partial charge in [-0.05, 0) is 31.4 Å². The normalized spacial score (nSPS) is 9.64. The fraction of sp³-hybridized carbons (Fsp3) is 0.273. The average Bonchev–Trinajstić information content (AvgIpc) is 1.95. The summed E-state index contributed by atoms with van der Waals surface area (Å²) in [6, 6.07) is 6.52. The van der Waals surface area contributed by atoms with E-state index in [0.717, 1.165) is 6.42 Å². The molecule has 1 rings (SSSR count). The third-order valence-electron chi connectivity index (χ3n) is 1.86. The Balaban J connectivity index is 2.98. The molecule has 0 saturated heterocycles. The molecule has 1 aromatic carbocycles. The molecule has 0 heterocycles. The largest absolute Gasteiger partial charge is 0.103 e. The van der Waals surface area contributed by atoms with Gasteiger partial charge in [-0.25, -0.2) is 0 Å². The average molecular weight is 146 g/mol. The lowest BCUT2D eigenvalue weighted by molar-refractivity contribution is 1.20. The highest BCUT2D eigenvalue weighted by Gasteiger charge is 1.94. The van der Waals surface area contributed by atoms with E-state index in [2.05, 4.69) is 38.6 Å². The molecule has 0 bridgehead atoms. The van der Waals surface area contributed by atoms with Crippen LogP contribution >= 0.6 is 0 Å². The van der Waals surface area contributed by atoms with Crippen LogP contribution in [0.15, 0.2) is 30.9 Å². The van der Waals surface area contributed by atoms with Gasteiger partial charge in [-0.1, -0.05) is 29.8 Å². The standard InChI is InChI=1S/C11H14/c1-4-5-11-7-6-9(2)8-10(11)3/h4,6-8H,1,5H2,2-3H3. The van der Waals surface area contributed by atoms with Crippen molar-refractivity contribution in [2.24, 2.45) is 0 Å². The SMILES string of the molecule is C=CCc1ccc(C)cc1C. The molecule has 11 heavy (non-hydrogen) atoms. The fourth-order valence-corrected chi connectivity index (χ4v) is 1.23. The maximum atomic E-state index is 3.72. The van der Waals surface area contributed by atoms with Gasteiger partial charge in [-0.3, -0.25) is 0 Å². The van der Waals surface area contributed by atoms with Gasteiger partial charge in [0.05, 0.1) is 0 Å². The molecular formula is C11H14. The van der Waals surface area contributed by atoms with Crippen molar-refractivity contribution in [2.75, 3.05) is 0 Å². The predicted octanol–water partition coefficient (Wildman–Crippen LogP) is 3.03. The number of hydrogen-bond acceptors (Lipinski definition) is 0. The molecule has 0 aromatic heterocycles. The highest BCUT2D eigenvalue weighted by Crippen LogP contribution is 2.10. The van der Waals surface area contributed by atoms with Crippen LogP contribution in [-0.4, -0.2) is 0 Å². The first kappa shape index (κ1) is 8.06. The summed E-state index contributed by atoms with van der Waals surface area (Å²) in [5.74, 6) is 0. The number of allylic oxidation sites excluding steroid dienone is 1. The molecular weight excluding hydrogens is 132 g/mol. The molecule has 1 aromatic rings. The van der Waals surface area contributed by atoms with E-state index in [1.165, 1.54) is 16.7 Å². The third kappa shape index (κ3) is 1.94. The summed E-state index contributed by atoms with van der Waals surface area (Å²) in [6.45, 7) is 7.98. The quantitative estimate of drug-likeness (QED) is 0.562. The molecule has 0 amide bonds. The summed E-state index contributed by atoms with van der Waals surface area (Å²) in [5, 5.41) is 0. The van der Waals surface area contributed by atoms with Crippen molar-refractivity contribution < 1.29 is 0 Å². The van der Waals surface area contributed by atoms with E-state index in [0.29, 0.717) is 0 Å². The van der Waals surface area contributed by atoms with Gasteiger partial charge in [0.1, 0.15) is 0 Å². The maximum absolute atomic E-state index is 3.72. The van der Waals surface area contributed by atoms with E-state index in [1.807, 2.05) is 6.08 Å². The zero-order valence-corrected chi connectivity index (χ0v) is 7.22. The molecule has 58 valence electrons. The van der Waals surface area contributed by atoms with Crippen LogP contribution in [0.1, 0.15) is 16.7 Å². The summed E-state index contributed by atoms with van der Waals surface area (Å²) >= 11 is 0. The van der Waals surface area contributed by atoms with E-state index in [9.17, 15) is 0 Å². The number of benzene rings is 1. The van der Waals surface area contributed by atoms with Crippen molar-refractivity contribution in [3.63, 3.8) is 0 Å². The zero-order chi connectivity index (χ0) is 8.27. The molecule has 0 radical (unpaired) electrons. The highest BCUT2D eigenvalue weighted by atomic mass is 14.0. The number of hydrogen-bond donors (Lipinski definition) is 0. The molecule has 0 spiro atoms. The van der Waals surface area contributed by atoms with Crippen LogP contribution in [0.2, 0.25) is 0 Å².